The minimum absolute atomic E-state index is 0. The van der Waals surface area contributed by atoms with Crippen LogP contribution in [-0.4, -0.2) is 9.52 Å². The van der Waals surface area contributed by atoms with Crippen molar-refractivity contribution >= 4 is 23.8 Å². The molecule has 180 valence electrons. The van der Waals surface area contributed by atoms with Crippen molar-refractivity contribution in [3.63, 3.8) is 0 Å². The van der Waals surface area contributed by atoms with Gasteiger partial charge in [-0.3, -0.25) is 0 Å². The largest absolute Gasteiger partial charge is 1.00 e. The van der Waals surface area contributed by atoms with Crippen LogP contribution in [0.3, 0.4) is 0 Å². The van der Waals surface area contributed by atoms with Crippen molar-refractivity contribution in [2.45, 2.75) is 73.6 Å². The van der Waals surface area contributed by atoms with Gasteiger partial charge >= 0.3 is 204 Å². The first-order valence-electron chi connectivity index (χ1n) is 11.8. The van der Waals surface area contributed by atoms with E-state index in [0.29, 0.717) is 5.92 Å². The summed E-state index contributed by atoms with van der Waals surface area (Å²) in [4.78, 5) is 0. The zero-order valence-corrected chi connectivity index (χ0v) is 26.7. The molecule has 1 aliphatic carbocycles. The summed E-state index contributed by atoms with van der Waals surface area (Å²) in [5.74, 6) is 0.572. The summed E-state index contributed by atoms with van der Waals surface area (Å²) in [5.41, 5.74) is 15.2. The minimum Gasteiger partial charge on any atom is -1.00 e. The molecular formula is C29H35Cl3SiTi. The molecule has 0 amide bonds. The number of rotatable bonds is 5. The fraction of sp³-hybridized carbons (Fsp3) is 0.379. The van der Waals surface area contributed by atoms with E-state index in [1.807, 2.05) is 0 Å². The molecule has 0 heterocycles. The van der Waals surface area contributed by atoms with E-state index in [9.17, 15) is 0 Å². The van der Waals surface area contributed by atoms with E-state index in [2.05, 4.69) is 99.2 Å². The quantitative estimate of drug-likeness (QED) is 0.278. The Balaban J connectivity index is 0.00000193. The monoisotopic (exact) mass is 564 g/mol. The van der Waals surface area contributed by atoms with Gasteiger partial charge in [-0.15, -0.1) is 0 Å². The summed E-state index contributed by atoms with van der Waals surface area (Å²) in [6, 6.07) is 11.7. The fourth-order valence-corrected chi connectivity index (χ4v) is 8.98. The van der Waals surface area contributed by atoms with Crippen molar-refractivity contribution in [3.8, 4) is 11.1 Å². The SMILES string of the molecule is CCCCC1c2ccccc2-c2cc(C)c([SiH2]c3c(C)c(C)c(C)c(C)c3C)[c]([Ti+3])c21.[Cl-].[Cl-].[Cl-]. The Labute approximate surface area is 239 Å². The molecule has 0 N–H and O–H groups in total. The van der Waals surface area contributed by atoms with Gasteiger partial charge in [0.05, 0.1) is 0 Å². The molecule has 0 bridgehead atoms. The van der Waals surface area contributed by atoms with Crippen LogP contribution in [0.1, 0.15) is 76.6 Å². The molecule has 0 aromatic heterocycles. The van der Waals surface area contributed by atoms with E-state index in [1.54, 1.807) is 25.4 Å². The van der Waals surface area contributed by atoms with Gasteiger partial charge in [0.25, 0.3) is 0 Å². The first-order chi connectivity index (χ1) is 14.8. The van der Waals surface area contributed by atoms with Crippen molar-refractivity contribution in [2.24, 2.45) is 0 Å². The minimum atomic E-state index is -0.555. The van der Waals surface area contributed by atoms with Crippen LogP contribution in [-0.2, 0) is 20.4 Å². The molecule has 3 aromatic rings. The molecule has 0 spiro atoms. The Morgan fingerprint density at radius 1 is 0.765 bits per heavy atom. The van der Waals surface area contributed by atoms with E-state index < -0.39 is 9.52 Å². The molecular weight excluding hydrogens is 531 g/mol. The van der Waals surface area contributed by atoms with Crippen LogP contribution < -0.4 is 51.5 Å². The topological polar surface area (TPSA) is 0 Å². The second-order valence-corrected chi connectivity index (χ2v) is 12.1. The van der Waals surface area contributed by atoms with Gasteiger partial charge in [0, 0.05) is 0 Å². The Hall–Kier alpha value is -0.539. The molecule has 0 radical (unpaired) electrons. The fourth-order valence-electron chi connectivity index (χ4n) is 5.62. The molecule has 4 rings (SSSR count). The summed E-state index contributed by atoms with van der Waals surface area (Å²) in [7, 11) is -0.555. The predicted octanol–water partition coefficient (Wildman–Crippen LogP) is -3.86. The maximum absolute atomic E-state index is 2.52. The standard InChI is InChI=1S/C29H35Si.3ClH.Ti/c1-8-9-12-24-23-13-10-11-14-25(23)26-15-17(2)28(16-27(24)26)30-29-21(6)19(4)18(3)20(5)22(29)7;;;;/h10-11,13-15,24H,8-9,12,30H2,1-7H3;3*1H;/q;;;;+3/p-3. The van der Waals surface area contributed by atoms with Gasteiger partial charge < -0.3 is 37.2 Å². The normalized spacial score (nSPS) is 13.7. The predicted molar refractivity (Wildman–Crippen MR) is 136 cm³/mol. The van der Waals surface area contributed by atoms with Crippen molar-refractivity contribution in [1.82, 2.24) is 0 Å². The third kappa shape index (κ3) is 5.27. The van der Waals surface area contributed by atoms with Crippen LogP contribution in [0.4, 0.5) is 0 Å². The van der Waals surface area contributed by atoms with Gasteiger partial charge in [0.2, 0.25) is 0 Å². The van der Waals surface area contributed by atoms with E-state index >= 15 is 0 Å². The number of fused-ring (bicyclic) bond motifs is 3. The summed E-state index contributed by atoms with van der Waals surface area (Å²) in [6.07, 6.45) is 3.83. The van der Waals surface area contributed by atoms with E-state index in [0.717, 1.165) is 0 Å². The van der Waals surface area contributed by atoms with Crippen molar-refractivity contribution in [3.05, 3.63) is 74.8 Å². The van der Waals surface area contributed by atoms with Crippen LogP contribution in [0.2, 0.25) is 0 Å². The molecule has 1 aliphatic rings. The third-order valence-electron chi connectivity index (χ3n) is 8.03. The molecule has 3 aromatic carbocycles. The Morgan fingerprint density at radius 2 is 1.32 bits per heavy atom. The maximum Gasteiger partial charge on any atom is -1.00 e. The van der Waals surface area contributed by atoms with Crippen LogP contribution in [0.25, 0.3) is 11.1 Å². The number of halogens is 3. The van der Waals surface area contributed by atoms with Crippen LogP contribution in [0.15, 0.2) is 30.3 Å². The second-order valence-electron chi connectivity index (χ2n) is 9.57. The van der Waals surface area contributed by atoms with E-state index in [1.165, 1.54) is 63.8 Å². The average Bonchev–Trinajstić information content (AvgIpc) is 3.08. The smallest absolute Gasteiger partial charge is 1.00 e. The number of unbranched alkanes of at least 4 members (excludes halogenated alkanes) is 1. The Morgan fingerprint density at radius 3 is 1.91 bits per heavy atom. The number of aryl methyl sites for hydroxylation is 1. The summed E-state index contributed by atoms with van der Waals surface area (Å²) < 4.78 is 1.59. The Kier molecular flexibility index (Phi) is 11.7. The zero-order valence-electron chi connectivity index (χ0n) is 21.4. The first-order valence-corrected chi connectivity index (χ1v) is 14.0. The second kappa shape index (κ2) is 12.6. The van der Waals surface area contributed by atoms with Crippen molar-refractivity contribution in [1.29, 1.82) is 0 Å². The molecule has 1 unspecified atom stereocenters. The van der Waals surface area contributed by atoms with Gasteiger partial charge in [0.1, 0.15) is 0 Å². The van der Waals surface area contributed by atoms with Gasteiger partial charge in [-0.25, -0.2) is 0 Å². The van der Waals surface area contributed by atoms with E-state index in [4.69, 9.17) is 0 Å². The van der Waals surface area contributed by atoms with Crippen molar-refractivity contribution in [2.75, 3.05) is 0 Å². The summed E-state index contributed by atoms with van der Waals surface area (Å²) in [6.45, 7) is 16.3. The van der Waals surface area contributed by atoms with Gasteiger partial charge in [-0.2, -0.15) is 0 Å². The summed E-state index contributed by atoms with van der Waals surface area (Å²) >= 11 is 2.43. The molecule has 0 saturated heterocycles. The molecule has 5 heteroatoms. The number of hydrogen-bond acceptors (Lipinski definition) is 0. The molecule has 0 nitrogen and oxygen atoms in total. The molecule has 0 saturated carbocycles. The first kappa shape index (κ1) is 31.5. The number of hydrogen-bond donors (Lipinski definition) is 0. The third-order valence-corrected chi connectivity index (χ3v) is 12.2. The van der Waals surface area contributed by atoms with Crippen LogP contribution in [0.5, 0.6) is 0 Å². The van der Waals surface area contributed by atoms with E-state index in [-0.39, 0.29) is 37.2 Å². The summed E-state index contributed by atoms with van der Waals surface area (Å²) in [5, 5.41) is 3.36. The van der Waals surface area contributed by atoms with Crippen LogP contribution >= 0.6 is 0 Å². The van der Waals surface area contributed by atoms with Gasteiger partial charge in [0.15, 0.2) is 0 Å². The number of benzene rings is 3. The molecule has 0 fully saturated rings. The average molecular weight is 566 g/mol. The Bertz CT molecular complexity index is 1160. The molecule has 34 heavy (non-hydrogen) atoms. The molecule has 0 aliphatic heterocycles. The van der Waals surface area contributed by atoms with Gasteiger partial charge in [-0.05, 0) is 0 Å². The van der Waals surface area contributed by atoms with Crippen LogP contribution in [0, 0.1) is 41.5 Å². The molecule has 1 atom stereocenters. The van der Waals surface area contributed by atoms with Crippen molar-refractivity contribution < 1.29 is 57.7 Å². The maximum atomic E-state index is 2.52. The zero-order chi connectivity index (χ0) is 22.4. The van der Waals surface area contributed by atoms with Gasteiger partial charge in [-0.1, -0.05) is 0 Å².